The van der Waals surface area contributed by atoms with Crippen LogP contribution in [0, 0.1) is 0 Å². The van der Waals surface area contributed by atoms with Crippen LogP contribution in [-0.2, 0) is 23.7 Å². The molecule has 2 saturated heterocycles. The number of hydrogen-bond acceptors (Lipinski definition) is 7. The molecule has 0 aliphatic carbocycles. The van der Waals surface area contributed by atoms with Gasteiger partial charge in [-0.3, -0.25) is 0 Å². The van der Waals surface area contributed by atoms with E-state index in [1.54, 1.807) is 36.4 Å². The number of carbonyl (C=O) groups is 1. The Hall–Kier alpha value is -2.55. The van der Waals surface area contributed by atoms with Gasteiger partial charge in [-0.1, -0.05) is 54.6 Å². The predicted octanol–water partition coefficient (Wildman–Crippen LogP) is 2.61. The lowest BCUT2D eigenvalue weighted by molar-refractivity contribution is -0.359. The van der Waals surface area contributed by atoms with Gasteiger partial charge in [0.1, 0.15) is 18.3 Å². The van der Waals surface area contributed by atoms with Crippen molar-refractivity contribution in [1.82, 2.24) is 0 Å². The van der Waals surface area contributed by atoms with Crippen molar-refractivity contribution in [3.63, 3.8) is 0 Å². The summed E-state index contributed by atoms with van der Waals surface area (Å²) in [7, 11) is 0. The zero-order valence-electron chi connectivity index (χ0n) is 16.3. The van der Waals surface area contributed by atoms with E-state index in [9.17, 15) is 9.90 Å². The molecule has 0 spiro atoms. The van der Waals surface area contributed by atoms with Crippen LogP contribution in [0.15, 0.2) is 73.3 Å². The van der Waals surface area contributed by atoms with Gasteiger partial charge in [-0.2, -0.15) is 0 Å². The maximum Gasteiger partial charge on any atom is 0.338 e. The van der Waals surface area contributed by atoms with E-state index in [-0.39, 0.29) is 13.2 Å². The quantitative estimate of drug-likeness (QED) is 0.577. The van der Waals surface area contributed by atoms with Gasteiger partial charge in [-0.25, -0.2) is 4.79 Å². The van der Waals surface area contributed by atoms with Crippen molar-refractivity contribution in [3.8, 4) is 0 Å². The van der Waals surface area contributed by atoms with Gasteiger partial charge in [0.15, 0.2) is 18.7 Å². The van der Waals surface area contributed by atoms with E-state index in [0.717, 1.165) is 5.56 Å². The number of benzene rings is 2. The van der Waals surface area contributed by atoms with Crippen LogP contribution in [-0.4, -0.2) is 55.0 Å². The van der Waals surface area contributed by atoms with Crippen LogP contribution < -0.4 is 0 Å². The summed E-state index contributed by atoms with van der Waals surface area (Å²) in [6, 6.07) is 18.0. The van der Waals surface area contributed by atoms with E-state index in [0.29, 0.717) is 5.56 Å². The lowest BCUT2D eigenvalue weighted by Crippen LogP contribution is -2.63. The largest absolute Gasteiger partial charge is 0.450 e. The first-order valence-corrected chi connectivity index (χ1v) is 9.81. The molecule has 1 unspecified atom stereocenters. The van der Waals surface area contributed by atoms with E-state index in [4.69, 9.17) is 23.7 Å². The van der Waals surface area contributed by atoms with Crippen LogP contribution in [0.4, 0.5) is 0 Å². The average molecular weight is 412 g/mol. The molecule has 7 heteroatoms. The predicted molar refractivity (Wildman–Crippen MR) is 106 cm³/mol. The summed E-state index contributed by atoms with van der Waals surface area (Å²) in [4.78, 5) is 12.6. The number of aliphatic hydroxyl groups is 1. The minimum absolute atomic E-state index is 0.169. The van der Waals surface area contributed by atoms with E-state index in [1.165, 1.54) is 0 Å². The normalized spacial score (nSPS) is 30.8. The maximum atomic E-state index is 12.6. The van der Waals surface area contributed by atoms with E-state index < -0.39 is 43.0 Å². The van der Waals surface area contributed by atoms with Gasteiger partial charge in [-0.15, -0.1) is 6.58 Å². The molecule has 6 atom stereocenters. The topological polar surface area (TPSA) is 83.5 Å². The van der Waals surface area contributed by atoms with E-state index in [2.05, 4.69) is 6.58 Å². The summed E-state index contributed by atoms with van der Waals surface area (Å²) in [6.07, 6.45) is -3.64. The Balaban J connectivity index is 1.52. The molecule has 0 amide bonds. The lowest BCUT2D eigenvalue weighted by atomic mass is 9.97. The number of esters is 1. The van der Waals surface area contributed by atoms with Crippen LogP contribution in [0.2, 0.25) is 0 Å². The SMILES string of the molecule is C=CCO[C@@H]1O[C@@H]2COC(c3ccccc3)O[C@H]2[C@H](O)[C@H]1OC(=O)c1ccccc1. The number of ether oxygens (including phenoxy) is 5. The standard InChI is InChI=1S/C23H24O7/c1-2-13-26-23-20(29-21(25)15-9-5-3-6-10-15)18(24)19-17(28-23)14-27-22(30-19)16-11-7-4-8-12-16/h2-12,17-20,22-24H,1,13-14H2/t17-,18+,19-,20-,22?,23-/m1/s1. The molecule has 30 heavy (non-hydrogen) atoms. The molecule has 0 saturated carbocycles. The Bertz CT molecular complexity index is 841. The zero-order valence-corrected chi connectivity index (χ0v) is 16.3. The second kappa shape index (κ2) is 9.51. The van der Waals surface area contributed by atoms with E-state index >= 15 is 0 Å². The summed E-state index contributed by atoms with van der Waals surface area (Å²) < 4.78 is 28.9. The molecule has 2 aliphatic heterocycles. The van der Waals surface area contributed by atoms with Gasteiger partial charge in [0.05, 0.1) is 18.8 Å². The number of aliphatic hydroxyl groups excluding tert-OH is 1. The summed E-state index contributed by atoms with van der Waals surface area (Å²) in [5, 5.41) is 11.1. The molecule has 2 aliphatic rings. The van der Waals surface area contributed by atoms with Crippen molar-refractivity contribution < 1.29 is 33.6 Å². The second-order valence-electron chi connectivity index (χ2n) is 7.07. The molecular formula is C23H24O7. The summed E-state index contributed by atoms with van der Waals surface area (Å²) in [5.74, 6) is -0.583. The van der Waals surface area contributed by atoms with Gasteiger partial charge in [0.2, 0.25) is 0 Å². The number of carbonyl (C=O) groups excluding carboxylic acids is 1. The molecule has 2 aromatic carbocycles. The van der Waals surface area contributed by atoms with Crippen molar-refractivity contribution in [2.24, 2.45) is 0 Å². The Morgan fingerprint density at radius 1 is 1.10 bits per heavy atom. The third-order valence-electron chi connectivity index (χ3n) is 5.01. The first kappa shape index (κ1) is 20.7. The molecule has 0 bridgehead atoms. The first-order valence-electron chi connectivity index (χ1n) is 9.81. The van der Waals surface area contributed by atoms with Gasteiger partial charge >= 0.3 is 5.97 Å². The molecule has 1 N–H and O–H groups in total. The Labute approximate surface area is 174 Å². The molecule has 7 nitrogen and oxygen atoms in total. The van der Waals surface area contributed by atoms with Crippen molar-refractivity contribution in [1.29, 1.82) is 0 Å². The molecule has 158 valence electrons. The van der Waals surface area contributed by atoms with Gasteiger partial charge < -0.3 is 28.8 Å². The number of fused-ring (bicyclic) bond motifs is 1. The van der Waals surface area contributed by atoms with Gasteiger partial charge in [0, 0.05) is 5.56 Å². The van der Waals surface area contributed by atoms with Crippen LogP contribution in [0.3, 0.4) is 0 Å². The van der Waals surface area contributed by atoms with Gasteiger partial charge in [-0.05, 0) is 12.1 Å². The fourth-order valence-electron chi connectivity index (χ4n) is 3.53. The smallest absolute Gasteiger partial charge is 0.338 e. The van der Waals surface area contributed by atoms with Crippen molar-refractivity contribution in [3.05, 3.63) is 84.4 Å². The van der Waals surface area contributed by atoms with Crippen LogP contribution in [0.5, 0.6) is 0 Å². The monoisotopic (exact) mass is 412 g/mol. The van der Waals surface area contributed by atoms with Crippen molar-refractivity contribution >= 4 is 5.97 Å². The summed E-state index contributed by atoms with van der Waals surface area (Å²) in [6.45, 7) is 3.99. The molecule has 4 rings (SSSR count). The molecular weight excluding hydrogens is 388 g/mol. The fourth-order valence-corrected chi connectivity index (χ4v) is 3.53. The Morgan fingerprint density at radius 2 is 1.80 bits per heavy atom. The Morgan fingerprint density at radius 3 is 2.50 bits per heavy atom. The van der Waals surface area contributed by atoms with Crippen molar-refractivity contribution in [2.75, 3.05) is 13.2 Å². The average Bonchev–Trinajstić information content (AvgIpc) is 2.80. The van der Waals surface area contributed by atoms with E-state index in [1.807, 2.05) is 30.3 Å². The fraction of sp³-hybridized carbons (Fsp3) is 0.348. The second-order valence-corrected chi connectivity index (χ2v) is 7.07. The molecule has 2 heterocycles. The third kappa shape index (κ3) is 4.45. The number of hydrogen-bond donors (Lipinski definition) is 1. The molecule has 2 aromatic rings. The number of rotatable bonds is 6. The zero-order chi connectivity index (χ0) is 20.9. The molecule has 2 fully saturated rings. The van der Waals surface area contributed by atoms with Crippen LogP contribution >= 0.6 is 0 Å². The Kier molecular flexibility index (Phi) is 6.56. The first-order chi connectivity index (χ1) is 14.7. The van der Waals surface area contributed by atoms with Gasteiger partial charge in [0.25, 0.3) is 0 Å². The third-order valence-corrected chi connectivity index (χ3v) is 5.01. The minimum atomic E-state index is -1.17. The summed E-state index contributed by atoms with van der Waals surface area (Å²) >= 11 is 0. The lowest BCUT2D eigenvalue weighted by Gasteiger charge is -2.47. The highest BCUT2D eigenvalue weighted by Crippen LogP contribution is 2.35. The molecule has 0 aromatic heterocycles. The highest BCUT2D eigenvalue weighted by Gasteiger charge is 2.51. The van der Waals surface area contributed by atoms with Crippen LogP contribution in [0.1, 0.15) is 22.2 Å². The highest BCUT2D eigenvalue weighted by atomic mass is 16.8. The minimum Gasteiger partial charge on any atom is -0.450 e. The van der Waals surface area contributed by atoms with Crippen molar-refractivity contribution in [2.45, 2.75) is 37.0 Å². The van der Waals surface area contributed by atoms with Crippen LogP contribution in [0.25, 0.3) is 0 Å². The summed E-state index contributed by atoms with van der Waals surface area (Å²) in [5.41, 5.74) is 1.19. The maximum absolute atomic E-state index is 12.6. The molecule has 0 radical (unpaired) electrons. The highest BCUT2D eigenvalue weighted by molar-refractivity contribution is 5.89.